The highest BCUT2D eigenvalue weighted by Gasteiger charge is 2.27. The van der Waals surface area contributed by atoms with Crippen LogP contribution in [0.2, 0.25) is 0 Å². The van der Waals surface area contributed by atoms with Gasteiger partial charge in [0, 0.05) is 7.26 Å². The second kappa shape index (κ2) is 9.10. The van der Waals surface area contributed by atoms with Crippen LogP contribution in [0, 0.1) is 0 Å². The number of hydrogen-bond donors (Lipinski definition) is 0. The van der Waals surface area contributed by atoms with E-state index in [1.165, 1.54) is 36.8 Å². The predicted molar refractivity (Wildman–Crippen MR) is 79.9 cm³/mol. The van der Waals surface area contributed by atoms with Crippen molar-refractivity contribution in [1.29, 1.82) is 0 Å². The summed E-state index contributed by atoms with van der Waals surface area (Å²) in [5.41, 5.74) is 0.220. The molecule has 0 unspecified atom stereocenters. The summed E-state index contributed by atoms with van der Waals surface area (Å²) in [7, 11) is -0.420. The lowest BCUT2D eigenvalue weighted by molar-refractivity contribution is -0.255. The van der Waals surface area contributed by atoms with E-state index in [0.717, 1.165) is 0 Å². The topological polar surface area (TPSA) is 40.1 Å². The van der Waals surface area contributed by atoms with E-state index in [-0.39, 0.29) is 5.56 Å². The molecule has 18 heavy (non-hydrogen) atoms. The lowest BCUT2D eigenvalue weighted by atomic mass is 10.2. The maximum absolute atomic E-state index is 10.1. The molecule has 3 heteroatoms. The molecule has 2 nitrogen and oxygen atoms in total. The van der Waals surface area contributed by atoms with Gasteiger partial charge in [0.05, 0.1) is 30.6 Å². The monoisotopic (exact) mass is 268 g/mol. The van der Waals surface area contributed by atoms with Gasteiger partial charge in [0.1, 0.15) is 0 Å². The van der Waals surface area contributed by atoms with Crippen LogP contribution in [0.15, 0.2) is 30.3 Å². The van der Waals surface area contributed by atoms with Gasteiger partial charge in [0.2, 0.25) is 0 Å². The fourth-order valence-corrected chi connectivity index (χ4v) is 4.60. The number of carboxylic acids is 1. The van der Waals surface area contributed by atoms with E-state index in [0.29, 0.717) is 0 Å². The van der Waals surface area contributed by atoms with E-state index in [9.17, 15) is 9.90 Å². The van der Waals surface area contributed by atoms with Gasteiger partial charge in [-0.3, -0.25) is 0 Å². The van der Waals surface area contributed by atoms with E-state index in [1.54, 1.807) is 18.2 Å². The Balaban J connectivity index is 0.000000321. The molecule has 0 saturated heterocycles. The van der Waals surface area contributed by atoms with Crippen molar-refractivity contribution in [1.82, 2.24) is 0 Å². The second-order valence-electron chi connectivity index (χ2n) is 4.26. The first-order valence-corrected chi connectivity index (χ1v) is 9.19. The molecule has 0 aliphatic heterocycles. The fourth-order valence-electron chi connectivity index (χ4n) is 1.92. The summed E-state index contributed by atoms with van der Waals surface area (Å²) in [5.74, 6) is -1.13. The van der Waals surface area contributed by atoms with E-state index in [2.05, 4.69) is 27.7 Å². The van der Waals surface area contributed by atoms with Gasteiger partial charge in [-0.15, -0.1) is 0 Å². The van der Waals surface area contributed by atoms with Crippen molar-refractivity contribution < 1.29 is 9.90 Å². The third-order valence-corrected chi connectivity index (χ3v) is 9.06. The van der Waals surface area contributed by atoms with Gasteiger partial charge in [-0.05, 0) is 33.3 Å². The summed E-state index contributed by atoms with van der Waals surface area (Å²) in [6, 6.07) is 8.06. The number of hydrogen-bond acceptors (Lipinski definition) is 2. The van der Waals surface area contributed by atoms with Gasteiger partial charge in [0.15, 0.2) is 0 Å². The maximum atomic E-state index is 10.1. The molecule has 0 fully saturated rings. The summed E-state index contributed by atoms with van der Waals surface area (Å²) in [6.07, 6.45) is 5.82. The Morgan fingerprint density at radius 2 is 1.33 bits per heavy atom. The molecule has 0 heterocycles. The highest BCUT2D eigenvalue weighted by Crippen LogP contribution is 2.57. The molecule has 0 radical (unpaired) electrons. The summed E-state index contributed by atoms with van der Waals surface area (Å²) in [4.78, 5) is 10.1. The summed E-state index contributed by atoms with van der Waals surface area (Å²) in [5, 5.41) is 10.1. The van der Waals surface area contributed by atoms with Crippen LogP contribution < -0.4 is 5.11 Å². The number of rotatable bonds is 5. The Hall–Kier alpha value is -0.880. The molecule has 0 spiro atoms. The van der Waals surface area contributed by atoms with Crippen LogP contribution in [0.1, 0.15) is 38.1 Å². The first kappa shape index (κ1) is 17.1. The lowest BCUT2D eigenvalue weighted by Crippen LogP contribution is -2.21. The zero-order valence-electron chi connectivity index (χ0n) is 12.0. The molecule has 0 aliphatic carbocycles. The summed E-state index contributed by atoms with van der Waals surface area (Å²) >= 11 is 0. The number of benzene rings is 1. The Morgan fingerprint density at radius 3 is 1.50 bits per heavy atom. The molecule has 0 aromatic heterocycles. The minimum atomic E-state index is -1.13. The van der Waals surface area contributed by atoms with Crippen LogP contribution in [-0.2, 0) is 0 Å². The molecule has 1 aromatic carbocycles. The standard InChI is InChI=1S/C8H20P.C7H6O2/c1-5-9(6-2,7-3)8-4;8-7(9)6-4-2-1-3-5-6/h5-8H2,1-4H3;1-5H,(H,8,9)/q+1;/p-1. The Bertz CT molecular complexity index is 314. The Labute approximate surface area is 112 Å². The smallest absolute Gasteiger partial charge is 0.0715 e. The molecule has 0 atom stereocenters. The van der Waals surface area contributed by atoms with Crippen molar-refractivity contribution >= 4 is 13.2 Å². The Morgan fingerprint density at radius 1 is 0.944 bits per heavy atom. The molecule has 0 amide bonds. The molecule has 0 saturated carbocycles. The zero-order valence-corrected chi connectivity index (χ0v) is 12.9. The molecule has 0 bridgehead atoms. The number of carboxylic acid groups (broad SMARTS) is 1. The molecular weight excluding hydrogens is 243 g/mol. The average Bonchev–Trinajstić information content (AvgIpc) is 2.44. The maximum Gasteiger partial charge on any atom is 0.0715 e. The van der Waals surface area contributed by atoms with Gasteiger partial charge in [0.25, 0.3) is 0 Å². The van der Waals surface area contributed by atoms with Crippen molar-refractivity contribution in [2.45, 2.75) is 27.7 Å². The first-order valence-electron chi connectivity index (χ1n) is 6.66. The van der Waals surface area contributed by atoms with Gasteiger partial charge < -0.3 is 9.90 Å². The lowest BCUT2D eigenvalue weighted by Gasteiger charge is -2.20. The second-order valence-corrected chi connectivity index (χ2v) is 9.47. The van der Waals surface area contributed by atoms with E-state index in [1.807, 2.05) is 0 Å². The molecular formula is C15H25O2P. The fraction of sp³-hybridized carbons (Fsp3) is 0.533. The molecule has 1 rings (SSSR count). The van der Waals surface area contributed by atoms with Crippen LogP contribution in [0.4, 0.5) is 0 Å². The molecule has 102 valence electrons. The van der Waals surface area contributed by atoms with E-state index in [4.69, 9.17) is 0 Å². The average molecular weight is 268 g/mol. The minimum absolute atomic E-state index is 0.220. The van der Waals surface area contributed by atoms with E-state index < -0.39 is 13.2 Å². The minimum Gasteiger partial charge on any atom is -0.545 e. The third-order valence-electron chi connectivity index (χ3n) is 3.69. The number of aromatic carboxylic acids is 1. The Kier molecular flexibility index (Phi) is 8.66. The van der Waals surface area contributed by atoms with Crippen LogP contribution >= 0.6 is 7.26 Å². The van der Waals surface area contributed by atoms with Crippen molar-refractivity contribution in [3.05, 3.63) is 35.9 Å². The van der Waals surface area contributed by atoms with Crippen molar-refractivity contribution in [2.24, 2.45) is 0 Å². The van der Waals surface area contributed by atoms with Crippen LogP contribution in [-0.4, -0.2) is 30.6 Å². The highest BCUT2D eigenvalue weighted by molar-refractivity contribution is 7.75. The van der Waals surface area contributed by atoms with Crippen LogP contribution in [0.25, 0.3) is 0 Å². The normalized spacial score (nSPS) is 10.4. The number of carbonyl (C=O) groups is 1. The van der Waals surface area contributed by atoms with Gasteiger partial charge in [-0.2, -0.15) is 0 Å². The molecule has 1 aromatic rings. The van der Waals surface area contributed by atoms with Gasteiger partial charge in [-0.25, -0.2) is 0 Å². The summed E-state index contributed by atoms with van der Waals surface area (Å²) in [6.45, 7) is 9.41. The summed E-state index contributed by atoms with van der Waals surface area (Å²) < 4.78 is 0. The quantitative estimate of drug-likeness (QED) is 0.770. The highest BCUT2D eigenvalue weighted by atomic mass is 31.2. The van der Waals surface area contributed by atoms with Crippen LogP contribution in [0.3, 0.4) is 0 Å². The van der Waals surface area contributed by atoms with Crippen molar-refractivity contribution in [2.75, 3.05) is 24.6 Å². The largest absolute Gasteiger partial charge is 0.545 e. The number of carbonyl (C=O) groups excluding carboxylic acids is 1. The predicted octanol–water partition coefficient (Wildman–Crippen LogP) is 3.13. The van der Waals surface area contributed by atoms with Crippen molar-refractivity contribution in [3.63, 3.8) is 0 Å². The third kappa shape index (κ3) is 5.64. The van der Waals surface area contributed by atoms with Gasteiger partial charge >= 0.3 is 0 Å². The molecule has 0 aliphatic rings. The first-order chi connectivity index (χ1) is 8.55. The van der Waals surface area contributed by atoms with Gasteiger partial charge in [-0.1, -0.05) is 30.3 Å². The van der Waals surface area contributed by atoms with E-state index >= 15 is 0 Å². The zero-order chi connectivity index (χ0) is 14.0. The SMILES string of the molecule is CC[P+](CC)(CC)CC.O=C([O-])c1ccccc1. The molecule has 0 N–H and O–H groups in total. The van der Waals surface area contributed by atoms with Crippen molar-refractivity contribution in [3.8, 4) is 0 Å². The van der Waals surface area contributed by atoms with Crippen LogP contribution in [0.5, 0.6) is 0 Å².